The molecule has 5 heteroatoms. The standard InChI is InChI=1S/C19H22N4O/c20-9-16-3-1-2-4-17(16)10-22-11-18-7-8-21-23(18)13-19(12-22)24-14-15-5-6-15/h1-4,7-8,15,19H,5-6,10-14H2. The van der Waals surface area contributed by atoms with E-state index in [4.69, 9.17) is 4.74 Å². The average Bonchev–Trinajstić information content (AvgIpc) is 3.36. The third-order valence-corrected chi connectivity index (χ3v) is 4.82. The van der Waals surface area contributed by atoms with Gasteiger partial charge >= 0.3 is 0 Å². The Labute approximate surface area is 142 Å². The number of nitrogens with zero attached hydrogens (tertiary/aromatic N) is 4. The number of aromatic nitrogens is 2. The number of hydrogen-bond donors (Lipinski definition) is 0. The molecule has 1 aromatic heterocycles. The molecule has 4 rings (SSSR count). The zero-order valence-corrected chi connectivity index (χ0v) is 13.8. The van der Waals surface area contributed by atoms with Gasteiger partial charge in [0.15, 0.2) is 0 Å². The van der Waals surface area contributed by atoms with E-state index in [1.54, 1.807) is 0 Å². The van der Waals surface area contributed by atoms with Crippen molar-refractivity contribution in [3.8, 4) is 6.07 Å². The second kappa shape index (κ2) is 6.76. The van der Waals surface area contributed by atoms with Crippen molar-refractivity contribution in [1.29, 1.82) is 5.26 Å². The molecule has 5 nitrogen and oxygen atoms in total. The van der Waals surface area contributed by atoms with E-state index in [1.165, 1.54) is 18.5 Å². The van der Waals surface area contributed by atoms with Gasteiger partial charge in [-0.3, -0.25) is 9.58 Å². The zero-order chi connectivity index (χ0) is 16.4. The first-order chi connectivity index (χ1) is 11.8. The molecule has 1 unspecified atom stereocenters. The highest BCUT2D eigenvalue weighted by Crippen LogP contribution is 2.29. The van der Waals surface area contributed by atoms with Gasteiger partial charge in [0.25, 0.3) is 0 Å². The van der Waals surface area contributed by atoms with Gasteiger partial charge in [-0.1, -0.05) is 18.2 Å². The molecule has 0 bridgehead atoms. The van der Waals surface area contributed by atoms with Crippen molar-refractivity contribution in [2.75, 3.05) is 13.2 Å². The fraction of sp³-hybridized carbons (Fsp3) is 0.474. The molecule has 1 aliphatic heterocycles. The van der Waals surface area contributed by atoms with E-state index in [0.29, 0.717) is 0 Å². The monoisotopic (exact) mass is 322 g/mol. The molecule has 124 valence electrons. The fourth-order valence-electron chi connectivity index (χ4n) is 3.28. The molecule has 0 spiro atoms. The Morgan fingerprint density at radius 1 is 1.21 bits per heavy atom. The normalized spacial score (nSPS) is 21.0. The third kappa shape index (κ3) is 3.50. The van der Waals surface area contributed by atoms with Crippen LogP contribution in [0.25, 0.3) is 0 Å². The van der Waals surface area contributed by atoms with E-state index in [-0.39, 0.29) is 6.10 Å². The van der Waals surface area contributed by atoms with E-state index in [0.717, 1.165) is 49.8 Å². The van der Waals surface area contributed by atoms with Gasteiger partial charge in [-0.2, -0.15) is 10.4 Å². The summed E-state index contributed by atoms with van der Waals surface area (Å²) in [6, 6.07) is 12.2. The zero-order valence-electron chi connectivity index (χ0n) is 13.8. The van der Waals surface area contributed by atoms with Crippen LogP contribution in [0.3, 0.4) is 0 Å². The molecule has 24 heavy (non-hydrogen) atoms. The van der Waals surface area contributed by atoms with Crippen LogP contribution < -0.4 is 0 Å². The molecule has 0 radical (unpaired) electrons. The van der Waals surface area contributed by atoms with Crippen LogP contribution in [0.4, 0.5) is 0 Å². The molecule has 0 N–H and O–H groups in total. The van der Waals surface area contributed by atoms with E-state index in [2.05, 4.69) is 26.8 Å². The molecule has 2 aromatic rings. The van der Waals surface area contributed by atoms with E-state index in [9.17, 15) is 5.26 Å². The van der Waals surface area contributed by atoms with Crippen LogP contribution in [0.1, 0.15) is 29.7 Å². The molecule has 1 fully saturated rings. The first kappa shape index (κ1) is 15.4. The lowest BCUT2D eigenvalue weighted by Crippen LogP contribution is -2.33. The summed E-state index contributed by atoms with van der Waals surface area (Å²) in [5.74, 6) is 0.762. The summed E-state index contributed by atoms with van der Waals surface area (Å²) in [6.45, 7) is 4.15. The van der Waals surface area contributed by atoms with Crippen LogP contribution in [0, 0.1) is 17.2 Å². The van der Waals surface area contributed by atoms with Crippen LogP contribution in [0.5, 0.6) is 0 Å². The largest absolute Gasteiger partial charge is 0.375 e. The van der Waals surface area contributed by atoms with Crippen molar-refractivity contribution in [2.45, 2.75) is 38.6 Å². The fourth-order valence-corrected chi connectivity index (χ4v) is 3.28. The summed E-state index contributed by atoms with van der Waals surface area (Å²) in [4.78, 5) is 2.37. The Hall–Kier alpha value is -2.16. The highest BCUT2D eigenvalue weighted by atomic mass is 16.5. The lowest BCUT2D eigenvalue weighted by Gasteiger charge is -2.24. The Bertz CT molecular complexity index is 744. The van der Waals surface area contributed by atoms with Crippen molar-refractivity contribution >= 4 is 0 Å². The first-order valence-corrected chi connectivity index (χ1v) is 8.64. The van der Waals surface area contributed by atoms with Gasteiger partial charge in [0.2, 0.25) is 0 Å². The minimum atomic E-state index is 0.154. The lowest BCUT2D eigenvalue weighted by molar-refractivity contribution is 0.0123. The quantitative estimate of drug-likeness (QED) is 0.849. The molecular formula is C19H22N4O. The van der Waals surface area contributed by atoms with Gasteiger partial charge < -0.3 is 4.74 Å². The maximum atomic E-state index is 9.33. The Morgan fingerprint density at radius 3 is 2.92 bits per heavy atom. The van der Waals surface area contributed by atoms with E-state index in [1.807, 2.05) is 30.5 Å². The predicted octanol–water partition coefficient (Wildman–Crippen LogP) is 2.57. The summed E-state index contributed by atoms with van der Waals surface area (Å²) in [6.07, 6.45) is 4.62. The van der Waals surface area contributed by atoms with E-state index < -0.39 is 0 Å². The summed E-state index contributed by atoms with van der Waals surface area (Å²) < 4.78 is 8.23. The number of nitriles is 1. The maximum Gasteiger partial charge on any atom is 0.0995 e. The molecular weight excluding hydrogens is 300 g/mol. The van der Waals surface area contributed by atoms with Crippen molar-refractivity contribution in [1.82, 2.24) is 14.7 Å². The molecule has 0 amide bonds. The van der Waals surface area contributed by atoms with Gasteiger partial charge in [0.1, 0.15) is 0 Å². The summed E-state index contributed by atoms with van der Waals surface area (Å²) in [7, 11) is 0. The highest BCUT2D eigenvalue weighted by molar-refractivity contribution is 5.37. The predicted molar refractivity (Wildman–Crippen MR) is 90.0 cm³/mol. The van der Waals surface area contributed by atoms with Crippen LogP contribution in [0.2, 0.25) is 0 Å². The Morgan fingerprint density at radius 2 is 2.08 bits per heavy atom. The van der Waals surface area contributed by atoms with Gasteiger partial charge in [-0.05, 0) is 36.5 Å². The number of fused-ring (bicyclic) bond motifs is 1. The molecule has 2 aliphatic rings. The molecule has 1 atom stereocenters. The maximum absolute atomic E-state index is 9.33. The van der Waals surface area contributed by atoms with Crippen LogP contribution in [-0.2, 0) is 24.4 Å². The van der Waals surface area contributed by atoms with Crippen LogP contribution in [-0.4, -0.2) is 33.9 Å². The van der Waals surface area contributed by atoms with Gasteiger partial charge in [0, 0.05) is 32.4 Å². The SMILES string of the molecule is N#Cc1ccccc1CN1Cc2ccnn2CC(OCC2CC2)C1. The summed E-state index contributed by atoms with van der Waals surface area (Å²) in [5.41, 5.74) is 3.04. The average molecular weight is 322 g/mol. The van der Waals surface area contributed by atoms with Crippen LogP contribution >= 0.6 is 0 Å². The smallest absolute Gasteiger partial charge is 0.0995 e. The van der Waals surface area contributed by atoms with Gasteiger partial charge in [0.05, 0.1) is 30.0 Å². The molecule has 1 aromatic carbocycles. The number of rotatable bonds is 5. The lowest BCUT2D eigenvalue weighted by atomic mass is 10.1. The van der Waals surface area contributed by atoms with E-state index >= 15 is 0 Å². The van der Waals surface area contributed by atoms with Crippen LogP contribution in [0.15, 0.2) is 36.5 Å². The number of ether oxygens (including phenoxy) is 1. The third-order valence-electron chi connectivity index (χ3n) is 4.82. The minimum Gasteiger partial charge on any atom is -0.375 e. The van der Waals surface area contributed by atoms with Crippen molar-refractivity contribution in [3.63, 3.8) is 0 Å². The molecule has 0 saturated heterocycles. The van der Waals surface area contributed by atoms with Crippen molar-refractivity contribution in [3.05, 3.63) is 53.3 Å². The minimum absolute atomic E-state index is 0.154. The highest BCUT2D eigenvalue weighted by Gasteiger charge is 2.27. The second-order valence-corrected chi connectivity index (χ2v) is 6.84. The van der Waals surface area contributed by atoms with Crippen molar-refractivity contribution < 1.29 is 4.74 Å². The van der Waals surface area contributed by atoms with Crippen molar-refractivity contribution in [2.24, 2.45) is 5.92 Å². The topological polar surface area (TPSA) is 54.1 Å². The molecule has 2 heterocycles. The van der Waals surface area contributed by atoms with Gasteiger partial charge in [-0.15, -0.1) is 0 Å². The Kier molecular flexibility index (Phi) is 4.33. The summed E-state index contributed by atoms with van der Waals surface area (Å²) in [5, 5.41) is 13.8. The first-order valence-electron chi connectivity index (χ1n) is 8.64. The second-order valence-electron chi connectivity index (χ2n) is 6.84. The number of benzene rings is 1. The van der Waals surface area contributed by atoms with Gasteiger partial charge in [-0.25, -0.2) is 0 Å². The molecule has 1 aliphatic carbocycles. The summed E-state index contributed by atoms with van der Waals surface area (Å²) >= 11 is 0. The Balaban J connectivity index is 1.51. The number of hydrogen-bond acceptors (Lipinski definition) is 4. The molecule has 1 saturated carbocycles.